The molecule has 8 nitrogen and oxygen atoms in total. The first-order valence-electron chi connectivity index (χ1n) is 10.1. The van der Waals surface area contributed by atoms with E-state index in [0.717, 1.165) is 0 Å². The fraction of sp³-hybridized carbons (Fsp3) is 0.364. The third kappa shape index (κ3) is 6.02. The van der Waals surface area contributed by atoms with Crippen LogP contribution in [0.1, 0.15) is 38.1 Å². The Kier molecular flexibility index (Phi) is 7.10. The van der Waals surface area contributed by atoms with Crippen molar-refractivity contribution in [2.24, 2.45) is 0 Å². The van der Waals surface area contributed by atoms with Gasteiger partial charge in [-0.2, -0.15) is 0 Å². The minimum absolute atomic E-state index is 0.0362. The molecule has 1 atom stereocenters. The van der Waals surface area contributed by atoms with E-state index in [2.05, 4.69) is 30.9 Å². The van der Waals surface area contributed by atoms with Crippen molar-refractivity contribution in [3.63, 3.8) is 0 Å². The number of carbonyl (C=O) groups excluding carboxylic acids is 1. The Balaban J connectivity index is 1.82. The Morgan fingerprint density at radius 2 is 1.91 bits per heavy atom. The lowest BCUT2D eigenvalue weighted by atomic mass is 10.0. The zero-order chi connectivity index (χ0) is 23.5. The van der Waals surface area contributed by atoms with Gasteiger partial charge in [-0.05, 0) is 45.9 Å². The summed E-state index contributed by atoms with van der Waals surface area (Å²) in [5.74, 6) is 0.502. The SMILES string of the molecule is CC(C)Nc1cc(Nc2ccc3ncc(Cl)cc3n2)ncc1C(=O)NC[C@@H](F)C(C)(C)O. The molecule has 0 saturated heterocycles. The average molecular weight is 461 g/mol. The van der Waals surface area contributed by atoms with E-state index in [1.54, 1.807) is 24.4 Å². The summed E-state index contributed by atoms with van der Waals surface area (Å²) in [5.41, 5.74) is 0.574. The molecule has 0 unspecified atom stereocenters. The van der Waals surface area contributed by atoms with Gasteiger partial charge in [0, 0.05) is 24.5 Å². The Labute approximate surface area is 190 Å². The molecule has 1 amide bonds. The number of rotatable bonds is 8. The van der Waals surface area contributed by atoms with Gasteiger partial charge in [-0.15, -0.1) is 0 Å². The molecule has 0 aliphatic heterocycles. The van der Waals surface area contributed by atoms with Gasteiger partial charge >= 0.3 is 0 Å². The van der Waals surface area contributed by atoms with Crippen molar-refractivity contribution in [1.29, 1.82) is 0 Å². The predicted octanol–water partition coefficient (Wildman–Crippen LogP) is 4.08. The third-order valence-electron chi connectivity index (χ3n) is 4.56. The van der Waals surface area contributed by atoms with Crippen LogP contribution in [0.15, 0.2) is 36.7 Å². The maximum absolute atomic E-state index is 14.0. The van der Waals surface area contributed by atoms with E-state index >= 15 is 0 Å². The van der Waals surface area contributed by atoms with Gasteiger partial charge in [0.25, 0.3) is 5.91 Å². The van der Waals surface area contributed by atoms with Crippen LogP contribution in [0.5, 0.6) is 0 Å². The van der Waals surface area contributed by atoms with Crippen LogP contribution < -0.4 is 16.0 Å². The minimum atomic E-state index is -1.61. The van der Waals surface area contributed by atoms with E-state index < -0.39 is 17.7 Å². The Morgan fingerprint density at radius 3 is 2.59 bits per heavy atom. The molecule has 4 N–H and O–H groups in total. The summed E-state index contributed by atoms with van der Waals surface area (Å²) in [7, 11) is 0. The highest BCUT2D eigenvalue weighted by Gasteiger charge is 2.27. The van der Waals surface area contributed by atoms with Gasteiger partial charge < -0.3 is 21.1 Å². The number of anilines is 3. The number of fused-ring (bicyclic) bond motifs is 1. The first-order chi connectivity index (χ1) is 15.0. The van der Waals surface area contributed by atoms with Crippen molar-refractivity contribution < 1.29 is 14.3 Å². The average Bonchev–Trinajstić information content (AvgIpc) is 2.70. The highest BCUT2D eigenvalue weighted by molar-refractivity contribution is 6.31. The Bertz CT molecular complexity index is 1120. The van der Waals surface area contributed by atoms with Crippen molar-refractivity contribution in [3.05, 3.63) is 47.2 Å². The summed E-state index contributed by atoms with van der Waals surface area (Å²) in [5, 5.41) is 19.0. The highest BCUT2D eigenvalue weighted by atomic mass is 35.5. The molecule has 0 bridgehead atoms. The standard InChI is InChI=1S/C22H26ClFN6O2/c1-12(2)28-16-8-20(26-10-14(16)21(31)27-11-18(24)22(3,4)32)30-19-6-5-15-17(29-19)7-13(23)9-25-15/h5-10,12,18,32H,11H2,1-4H3,(H,27,31)(H2,26,28,29,30)/t18-/m1/s1. The van der Waals surface area contributed by atoms with Gasteiger partial charge in [0.2, 0.25) is 0 Å². The van der Waals surface area contributed by atoms with Gasteiger partial charge in [0.15, 0.2) is 0 Å². The second kappa shape index (κ2) is 9.62. The lowest BCUT2D eigenvalue weighted by molar-refractivity contribution is -0.00177. The van der Waals surface area contributed by atoms with Crippen LogP contribution in [0, 0.1) is 0 Å². The van der Waals surface area contributed by atoms with Crippen LogP contribution in [-0.4, -0.2) is 50.3 Å². The Morgan fingerprint density at radius 1 is 1.16 bits per heavy atom. The molecule has 0 radical (unpaired) electrons. The predicted molar refractivity (Wildman–Crippen MR) is 124 cm³/mol. The van der Waals surface area contributed by atoms with Crippen LogP contribution in [0.4, 0.5) is 21.7 Å². The Hall–Kier alpha value is -3.04. The number of aliphatic hydroxyl groups is 1. The van der Waals surface area contributed by atoms with Crippen molar-refractivity contribution in [3.8, 4) is 0 Å². The number of nitrogens with zero attached hydrogens (tertiary/aromatic N) is 3. The van der Waals surface area contributed by atoms with E-state index in [0.29, 0.717) is 33.4 Å². The van der Waals surface area contributed by atoms with Gasteiger partial charge in [-0.25, -0.2) is 14.4 Å². The van der Waals surface area contributed by atoms with Crippen LogP contribution >= 0.6 is 11.6 Å². The van der Waals surface area contributed by atoms with Gasteiger partial charge in [-0.3, -0.25) is 9.78 Å². The first-order valence-corrected chi connectivity index (χ1v) is 10.5. The molecule has 0 saturated carbocycles. The molecule has 3 aromatic heterocycles. The van der Waals surface area contributed by atoms with Crippen molar-refractivity contribution in [2.75, 3.05) is 17.2 Å². The summed E-state index contributed by atoms with van der Waals surface area (Å²) < 4.78 is 14.0. The lowest BCUT2D eigenvalue weighted by Crippen LogP contribution is -2.42. The summed E-state index contributed by atoms with van der Waals surface area (Å²) >= 11 is 6.00. The molecule has 170 valence electrons. The number of hydrogen-bond donors (Lipinski definition) is 4. The number of nitrogens with one attached hydrogen (secondary N) is 3. The topological polar surface area (TPSA) is 112 Å². The second-order valence-electron chi connectivity index (χ2n) is 8.26. The molecule has 0 aliphatic rings. The van der Waals surface area contributed by atoms with E-state index in [1.807, 2.05) is 19.9 Å². The van der Waals surface area contributed by atoms with Crippen molar-refractivity contribution >= 4 is 45.9 Å². The van der Waals surface area contributed by atoms with Crippen LogP contribution in [-0.2, 0) is 0 Å². The molecule has 0 aliphatic carbocycles. The molecule has 32 heavy (non-hydrogen) atoms. The number of pyridine rings is 3. The zero-order valence-corrected chi connectivity index (χ0v) is 19.0. The molecule has 0 fully saturated rings. The van der Waals surface area contributed by atoms with Crippen LogP contribution in [0.2, 0.25) is 5.02 Å². The quantitative estimate of drug-likeness (QED) is 0.400. The van der Waals surface area contributed by atoms with Gasteiger partial charge in [0.05, 0.1) is 39.5 Å². The summed E-state index contributed by atoms with van der Waals surface area (Å²) in [6.45, 7) is 6.25. The molecule has 3 rings (SSSR count). The number of alkyl halides is 1. The van der Waals surface area contributed by atoms with Gasteiger partial charge in [-0.1, -0.05) is 11.6 Å². The largest absolute Gasteiger partial charge is 0.387 e. The minimum Gasteiger partial charge on any atom is -0.387 e. The maximum atomic E-state index is 14.0. The van der Waals surface area contributed by atoms with E-state index in [9.17, 15) is 14.3 Å². The maximum Gasteiger partial charge on any atom is 0.255 e. The number of carbonyl (C=O) groups is 1. The summed E-state index contributed by atoms with van der Waals surface area (Å²) in [6.07, 6.45) is 1.35. The zero-order valence-electron chi connectivity index (χ0n) is 18.3. The van der Waals surface area contributed by atoms with E-state index in [-0.39, 0.29) is 18.2 Å². The molecule has 0 aromatic carbocycles. The summed E-state index contributed by atoms with van der Waals surface area (Å²) in [6, 6.07) is 7.01. The van der Waals surface area contributed by atoms with E-state index in [4.69, 9.17) is 11.6 Å². The molecular formula is C22H26ClFN6O2. The number of halogens is 2. The molecule has 3 heterocycles. The van der Waals surface area contributed by atoms with Crippen molar-refractivity contribution in [1.82, 2.24) is 20.3 Å². The summed E-state index contributed by atoms with van der Waals surface area (Å²) in [4.78, 5) is 25.6. The number of aromatic nitrogens is 3. The second-order valence-corrected chi connectivity index (χ2v) is 8.70. The van der Waals surface area contributed by atoms with Crippen LogP contribution in [0.25, 0.3) is 11.0 Å². The molecule has 10 heteroatoms. The number of hydrogen-bond acceptors (Lipinski definition) is 7. The third-order valence-corrected chi connectivity index (χ3v) is 4.77. The number of amides is 1. The normalized spacial score (nSPS) is 12.6. The molecule has 0 spiro atoms. The monoisotopic (exact) mass is 460 g/mol. The molecule has 3 aromatic rings. The smallest absolute Gasteiger partial charge is 0.255 e. The van der Waals surface area contributed by atoms with E-state index in [1.165, 1.54) is 20.0 Å². The van der Waals surface area contributed by atoms with Crippen molar-refractivity contribution in [2.45, 2.75) is 45.5 Å². The lowest BCUT2D eigenvalue weighted by Gasteiger charge is -2.23. The van der Waals surface area contributed by atoms with Crippen LogP contribution in [0.3, 0.4) is 0 Å². The fourth-order valence-electron chi connectivity index (χ4n) is 2.85. The fourth-order valence-corrected chi connectivity index (χ4v) is 3.00. The van der Waals surface area contributed by atoms with Gasteiger partial charge in [0.1, 0.15) is 17.8 Å². The highest BCUT2D eigenvalue weighted by Crippen LogP contribution is 2.24. The first kappa shape index (κ1) is 23.6. The molecular weight excluding hydrogens is 435 g/mol.